The normalized spacial score (nSPS) is 10.6. The van der Waals surface area contributed by atoms with E-state index in [0.717, 1.165) is 13.0 Å². The topological polar surface area (TPSA) is 9.23 Å². The minimum Gasteiger partial charge on any atom is -0.385 e. The van der Waals surface area contributed by atoms with Gasteiger partial charge in [-0.2, -0.15) is 0 Å². The first-order chi connectivity index (χ1) is 6.41. The molecule has 79 valence electrons. The van der Waals surface area contributed by atoms with Gasteiger partial charge in [0.25, 0.3) is 0 Å². The second kappa shape index (κ2) is 12.0. The van der Waals surface area contributed by atoms with Crippen LogP contribution < -0.4 is 0 Å². The Morgan fingerprint density at radius 3 is 1.69 bits per heavy atom. The number of unbranched alkanes of at least 4 members (excludes halogenated alkanes) is 8. The molecule has 0 spiro atoms. The van der Waals surface area contributed by atoms with Crippen molar-refractivity contribution in [3.8, 4) is 0 Å². The molecule has 0 aromatic carbocycles. The fraction of sp³-hybridized carbons (Fsp3) is 0.917. The van der Waals surface area contributed by atoms with Gasteiger partial charge in [0.2, 0.25) is 0 Å². The average Bonchev–Trinajstić information content (AvgIpc) is 2.16. The fourth-order valence-electron chi connectivity index (χ4n) is 1.48. The van der Waals surface area contributed by atoms with Crippen molar-refractivity contribution < 1.29 is 4.74 Å². The van der Waals surface area contributed by atoms with Crippen LogP contribution in [0.1, 0.15) is 57.8 Å². The van der Waals surface area contributed by atoms with E-state index in [0.29, 0.717) is 0 Å². The van der Waals surface area contributed by atoms with E-state index >= 15 is 0 Å². The van der Waals surface area contributed by atoms with Gasteiger partial charge in [0.05, 0.1) is 0 Å². The zero-order chi connectivity index (χ0) is 9.78. The quantitative estimate of drug-likeness (QED) is 0.468. The molecule has 1 radical (unpaired) electrons. The minimum absolute atomic E-state index is 0.932. The molecular formula is C12H25O. The van der Waals surface area contributed by atoms with Crippen molar-refractivity contribution in [2.24, 2.45) is 0 Å². The highest BCUT2D eigenvalue weighted by Gasteiger charge is 1.91. The maximum atomic E-state index is 4.99. The van der Waals surface area contributed by atoms with E-state index in [1.807, 2.05) is 0 Å². The van der Waals surface area contributed by atoms with Crippen LogP contribution in [0.4, 0.5) is 0 Å². The zero-order valence-electron chi connectivity index (χ0n) is 9.19. The molecule has 0 rings (SSSR count). The van der Waals surface area contributed by atoms with Gasteiger partial charge in [-0.3, -0.25) is 0 Å². The van der Waals surface area contributed by atoms with E-state index in [-0.39, 0.29) is 0 Å². The number of methoxy groups -OCH3 is 1. The van der Waals surface area contributed by atoms with E-state index in [2.05, 4.69) is 6.92 Å². The summed E-state index contributed by atoms with van der Waals surface area (Å²) in [4.78, 5) is 0. The first kappa shape index (κ1) is 13.0. The van der Waals surface area contributed by atoms with Crippen LogP contribution in [0.3, 0.4) is 0 Å². The lowest BCUT2D eigenvalue weighted by molar-refractivity contribution is 0.192. The van der Waals surface area contributed by atoms with Gasteiger partial charge in [-0.25, -0.2) is 0 Å². The number of rotatable bonds is 10. The van der Waals surface area contributed by atoms with Crippen molar-refractivity contribution in [2.75, 3.05) is 13.7 Å². The third-order valence-corrected chi connectivity index (χ3v) is 2.35. The Hall–Kier alpha value is -0.0400. The minimum atomic E-state index is 0.932. The van der Waals surface area contributed by atoms with E-state index in [1.165, 1.54) is 51.4 Å². The standard InChI is InChI=1S/C12H25O/c1-3-4-5-6-7-8-9-10-11-12-13-2/h1,3-12H2,2H3. The Morgan fingerprint density at radius 1 is 0.769 bits per heavy atom. The predicted octanol–water partition coefficient (Wildman–Crippen LogP) is 3.98. The van der Waals surface area contributed by atoms with Crippen LogP contribution in [0, 0.1) is 6.92 Å². The second-order valence-corrected chi connectivity index (χ2v) is 3.67. The molecule has 0 saturated carbocycles. The predicted molar refractivity (Wildman–Crippen MR) is 58.8 cm³/mol. The Bertz CT molecular complexity index is 71.2. The molecule has 0 amide bonds. The molecule has 0 aromatic heterocycles. The molecule has 13 heavy (non-hydrogen) atoms. The van der Waals surface area contributed by atoms with E-state index in [1.54, 1.807) is 7.11 Å². The SMILES string of the molecule is [CH2]CCCCCCCCCCOC. The van der Waals surface area contributed by atoms with Gasteiger partial charge in [-0.1, -0.05) is 58.3 Å². The first-order valence-electron chi connectivity index (χ1n) is 5.70. The van der Waals surface area contributed by atoms with Gasteiger partial charge in [-0.15, -0.1) is 0 Å². The molecular weight excluding hydrogens is 160 g/mol. The Labute approximate surface area is 83.9 Å². The number of ether oxygens (including phenoxy) is 1. The molecule has 1 nitrogen and oxygen atoms in total. The Kier molecular flexibility index (Phi) is 11.9. The monoisotopic (exact) mass is 185 g/mol. The van der Waals surface area contributed by atoms with Gasteiger partial charge in [0.15, 0.2) is 0 Å². The molecule has 0 saturated heterocycles. The molecule has 0 aliphatic heterocycles. The molecule has 0 bridgehead atoms. The summed E-state index contributed by atoms with van der Waals surface area (Å²) >= 11 is 0. The van der Waals surface area contributed by atoms with E-state index < -0.39 is 0 Å². The van der Waals surface area contributed by atoms with Crippen molar-refractivity contribution in [1.82, 2.24) is 0 Å². The van der Waals surface area contributed by atoms with E-state index in [9.17, 15) is 0 Å². The summed E-state index contributed by atoms with van der Waals surface area (Å²) in [5.74, 6) is 0. The van der Waals surface area contributed by atoms with Gasteiger partial charge >= 0.3 is 0 Å². The van der Waals surface area contributed by atoms with Crippen LogP contribution in [0.15, 0.2) is 0 Å². The summed E-state index contributed by atoms with van der Waals surface area (Å²) in [7, 11) is 1.78. The maximum absolute atomic E-state index is 4.99. The van der Waals surface area contributed by atoms with Crippen LogP contribution in [0.2, 0.25) is 0 Å². The third-order valence-electron chi connectivity index (χ3n) is 2.35. The van der Waals surface area contributed by atoms with Crippen LogP contribution >= 0.6 is 0 Å². The molecule has 0 unspecified atom stereocenters. The van der Waals surface area contributed by atoms with E-state index in [4.69, 9.17) is 4.74 Å². The largest absolute Gasteiger partial charge is 0.385 e. The molecule has 0 N–H and O–H groups in total. The smallest absolute Gasteiger partial charge is 0.0462 e. The fourth-order valence-corrected chi connectivity index (χ4v) is 1.48. The van der Waals surface area contributed by atoms with Crippen LogP contribution in [0.25, 0.3) is 0 Å². The van der Waals surface area contributed by atoms with Crippen molar-refractivity contribution in [3.63, 3.8) is 0 Å². The lowest BCUT2D eigenvalue weighted by Crippen LogP contribution is -1.88. The van der Waals surface area contributed by atoms with Crippen LogP contribution in [-0.4, -0.2) is 13.7 Å². The van der Waals surface area contributed by atoms with Crippen molar-refractivity contribution in [1.29, 1.82) is 0 Å². The molecule has 0 aromatic rings. The summed E-state index contributed by atoms with van der Waals surface area (Å²) in [6.07, 6.45) is 12.0. The third kappa shape index (κ3) is 12.0. The van der Waals surface area contributed by atoms with Crippen molar-refractivity contribution >= 4 is 0 Å². The lowest BCUT2D eigenvalue weighted by Gasteiger charge is -2.01. The first-order valence-corrected chi connectivity index (χ1v) is 5.70. The second-order valence-electron chi connectivity index (χ2n) is 3.67. The summed E-state index contributed by atoms with van der Waals surface area (Å²) in [6.45, 7) is 4.77. The highest BCUT2D eigenvalue weighted by Crippen LogP contribution is 2.09. The van der Waals surface area contributed by atoms with Crippen molar-refractivity contribution in [2.45, 2.75) is 57.8 Å². The highest BCUT2D eigenvalue weighted by molar-refractivity contribution is 4.47. The summed E-state index contributed by atoms with van der Waals surface area (Å²) in [5, 5.41) is 0. The number of hydrogen-bond donors (Lipinski definition) is 0. The Balaban J connectivity index is 2.76. The van der Waals surface area contributed by atoms with Crippen LogP contribution in [-0.2, 0) is 4.74 Å². The van der Waals surface area contributed by atoms with Gasteiger partial charge in [0.1, 0.15) is 0 Å². The highest BCUT2D eigenvalue weighted by atomic mass is 16.5. The molecule has 0 fully saturated rings. The lowest BCUT2D eigenvalue weighted by atomic mass is 10.1. The molecule has 0 aliphatic rings. The average molecular weight is 185 g/mol. The molecule has 0 atom stereocenters. The van der Waals surface area contributed by atoms with Gasteiger partial charge < -0.3 is 4.74 Å². The van der Waals surface area contributed by atoms with Crippen molar-refractivity contribution in [3.05, 3.63) is 6.92 Å². The van der Waals surface area contributed by atoms with Crippen LogP contribution in [0.5, 0.6) is 0 Å². The molecule has 1 heteroatoms. The summed E-state index contributed by atoms with van der Waals surface area (Å²) in [6, 6.07) is 0. The zero-order valence-corrected chi connectivity index (χ0v) is 9.19. The molecule has 0 heterocycles. The Morgan fingerprint density at radius 2 is 1.23 bits per heavy atom. The van der Waals surface area contributed by atoms with Gasteiger partial charge in [-0.05, 0) is 6.42 Å². The number of hydrogen-bond acceptors (Lipinski definition) is 1. The maximum Gasteiger partial charge on any atom is 0.0462 e. The van der Waals surface area contributed by atoms with Gasteiger partial charge in [0, 0.05) is 13.7 Å². The summed E-state index contributed by atoms with van der Waals surface area (Å²) < 4.78 is 4.99. The summed E-state index contributed by atoms with van der Waals surface area (Å²) in [5.41, 5.74) is 0. The molecule has 0 aliphatic carbocycles.